The molecule has 1 aliphatic heterocycles. The van der Waals surface area contributed by atoms with E-state index in [-0.39, 0.29) is 0 Å². The van der Waals surface area contributed by atoms with Crippen LogP contribution in [0.15, 0.2) is 0 Å². The van der Waals surface area contributed by atoms with Crippen LogP contribution in [0.25, 0.3) is 0 Å². The lowest BCUT2D eigenvalue weighted by Gasteiger charge is -2.39. The Hall–Kier alpha value is -0.610. The maximum atomic E-state index is 4.77. The number of rotatable bonds is 3. The van der Waals surface area contributed by atoms with E-state index in [9.17, 15) is 0 Å². The first kappa shape index (κ1) is 13.4. The number of aryl methyl sites for hydroxylation is 1. The van der Waals surface area contributed by atoms with Crippen LogP contribution in [0.2, 0.25) is 0 Å². The van der Waals surface area contributed by atoms with Crippen molar-refractivity contribution in [2.45, 2.75) is 52.0 Å². The van der Waals surface area contributed by atoms with Crippen molar-refractivity contribution in [1.82, 2.24) is 10.3 Å². The van der Waals surface area contributed by atoms with Crippen molar-refractivity contribution in [3.8, 4) is 0 Å². The molecule has 1 N–H and O–H groups in total. The SMILES string of the molecule is CNCc1sc(N2CCC3(CCCC3)CC2)nc1C. The summed E-state index contributed by atoms with van der Waals surface area (Å²) in [5.74, 6) is 0. The second-order valence-electron chi connectivity index (χ2n) is 6.23. The molecule has 19 heavy (non-hydrogen) atoms. The molecule has 1 saturated heterocycles. The van der Waals surface area contributed by atoms with E-state index in [4.69, 9.17) is 4.98 Å². The predicted octanol–water partition coefficient (Wildman–Crippen LogP) is 3.33. The van der Waals surface area contributed by atoms with E-state index in [1.165, 1.54) is 67.3 Å². The summed E-state index contributed by atoms with van der Waals surface area (Å²) < 4.78 is 0. The van der Waals surface area contributed by atoms with Crippen molar-refractivity contribution < 1.29 is 0 Å². The molecule has 1 aromatic rings. The highest BCUT2D eigenvalue weighted by Gasteiger charge is 2.37. The Morgan fingerprint density at radius 2 is 1.89 bits per heavy atom. The summed E-state index contributed by atoms with van der Waals surface area (Å²) in [7, 11) is 2.00. The minimum Gasteiger partial charge on any atom is -0.348 e. The Morgan fingerprint density at radius 1 is 1.21 bits per heavy atom. The molecule has 1 aromatic heterocycles. The number of thiazole rings is 1. The maximum absolute atomic E-state index is 4.77. The summed E-state index contributed by atoms with van der Waals surface area (Å²) >= 11 is 1.87. The second-order valence-corrected chi connectivity index (χ2v) is 7.29. The van der Waals surface area contributed by atoms with Crippen molar-refractivity contribution in [1.29, 1.82) is 0 Å². The third kappa shape index (κ3) is 2.65. The average molecular weight is 279 g/mol. The zero-order valence-electron chi connectivity index (χ0n) is 12.2. The molecule has 2 aliphatic rings. The van der Waals surface area contributed by atoms with E-state index in [1.54, 1.807) is 0 Å². The molecule has 4 heteroatoms. The Labute approximate surface area is 120 Å². The van der Waals surface area contributed by atoms with Crippen LogP contribution >= 0.6 is 11.3 Å². The summed E-state index contributed by atoms with van der Waals surface area (Å²) in [4.78, 5) is 8.67. The van der Waals surface area contributed by atoms with Gasteiger partial charge in [-0.05, 0) is 45.1 Å². The number of aromatic nitrogens is 1. The van der Waals surface area contributed by atoms with Crippen molar-refractivity contribution in [3.63, 3.8) is 0 Å². The minimum atomic E-state index is 0.705. The molecule has 0 atom stereocenters. The molecule has 1 spiro atoms. The third-order valence-electron chi connectivity index (χ3n) is 4.98. The minimum absolute atomic E-state index is 0.705. The molecule has 0 bridgehead atoms. The van der Waals surface area contributed by atoms with Crippen molar-refractivity contribution in [2.24, 2.45) is 5.41 Å². The number of piperidine rings is 1. The predicted molar refractivity (Wildman–Crippen MR) is 82.0 cm³/mol. The van der Waals surface area contributed by atoms with E-state index < -0.39 is 0 Å². The summed E-state index contributed by atoms with van der Waals surface area (Å²) in [6, 6.07) is 0. The molecule has 0 amide bonds. The molecule has 1 aliphatic carbocycles. The van der Waals surface area contributed by atoms with Gasteiger partial charge in [0.25, 0.3) is 0 Å². The standard InChI is InChI=1S/C15H25N3S/c1-12-13(11-16-2)19-14(17-12)18-9-7-15(8-10-18)5-3-4-6-15/h16H,3-11H2,1-2H3. The van der Waals surface area contributed by atoms with Crippen molar-refractivity contribution >= 4 is 16.5 Å². The summed E-state index contributed by atoms with van der Waals surface area (Å²) in [5, 5.41) is 4.48. The lowest BCUT2D eigenvalue weighted by Crippen LogP contribution is -2.38. The highest BCUT2D eigenvalue weighted by molar-refractivity contribution is 7.15. The van der Waals surface area contributed by atoms with Crippen LogP contribution in [0.5, 0.6) is 0 Å². The summed E-state index contributed by atoms with van der Waals surface area (Å²) in [5.41, 5.74) is 1.91. The number of hydrogen-bond acceptors (Lipinski definition) is 4. The van der Waals surface area contributed by atoms with Gasteiger partial charge in [-0.1, -0.05) is 12.8 Å². The first-order valence-corrected chi connectivity index (χ1v) is 8.40. The summed E-state index contributed by atoms with van der Waals surface area (Å²) in [6.45, 7) is 5.51. The van der Waals surface area contributed by atoms with Crippen LogP contribution in [-0.4, -0.2) is 25.1 Å². The molecule has 2 fully saturated rings. The van der Waals surface area contributed by atoms with Crippen LogP contribution in [0.4, 0.5) is 5.13 Å². The van der Waals surface area contributed by atoms with Crippen LogP contribution in [0.3, 0.4) is 0 Å². The normalized spacial score (nSPS) is 22.3. The average Bonchev–Trinajstić information content (AvgIpc) is 3.00. The largest absolute Gasteiger partial charge is 0.348 e. The van der Waals surface area contributed by atoms with Gasteiger partial charge in [-0.25, -0.2) is 4.98 Å². The quantitative estimate of drug-likeness (QED) is 0.920. The zero-order valence-corrected chi connectivity index (χ0v) is 13.0. The number of hydrogen-bond donors (Lipinski definition) is 1. The van der Waals surface area contributed by atoms with Gasteiger partial charge in [0.15, 0.2) is 5.13 Å². The zero-order chi connectivity index (χ0) is 13.3. The molecule has 0 radical (unpaired) electrons. The lowest BCUT2D eigenvalue weighted by molar-refractivity contribution is 0.226. The second kappa shape index (κ2) is 5.41. The first-order chi connectivity index (χ1) is 9.22. The maximum Gasteiger partial charge on any atom is 0.185 e. The van der Waals surface area contributed by atoms with Crippen molar-refractivity contribution in [2.75, 3.05) is 25.0 Å². The van der Waals surface area contributed by atoms with E-state index in [2.05, 4.69) is 17.1 Å². The Morgan fingerprint density at radius 3 is 2.53 bits per heavy atom. The smallest absolute Gasteiger partial charge is 0.185 e. The van der Waals surface area contributed by atoms with Crippen LogP contribution < -0.4 is 10.2 Å². The van der Waals surface area contributed by atoms with Crippen LogP contribution in [-0.2, 0) is 6.54 Å². The van der Waals surface area contributed by atoms with Gasteiger partial charge in [0.2, 0.25) is 0 Å². The number of anilines is 1. The van der Waals surface area contributed by atoms with Gasteiger partial charge in [-0.3, -0.25) is 0 Å². The fourth-order valence-corrected chi connectivity index (χ4v) is 4.79. The summed E-state index contributed by atoms with van der Waals surface area (Å²) in [6.07, 6.45) is 8.64. The van der Waals surface area contributed by atoms with E-state index >= 15 is 0 Å². The molecular formula is C15H25N3S. The Kier molecular flexibility index (Phi) is 3.81. The molecule has 0 unspecified atom stereocenters. The fraction of sp³-hybridized carbons (Fsp3) is 0.800. The fourth-order valence-electron chi connectivity index (χ4n) is 3.67. The van der Waals surface area contributed by atoms with E-state index in [0.717, 1.165) is 6.54 Å². The highest BCUT2D eigenvalue weighted by atomic mass is 32.1. The molecular weight excluding hydrogens is 254 g/mol. The Bertz CT molecular complexity index is 425. The lowest BCUT2D eigenvalue weighted by atomic mass is 9.77. The van der Waals surface area contributed by atoms with Gasteiger partial charge in [0.1, 0.15) is 0 Å². The molecule has 1 saturated carbocycles. The Balaban J connectivity index is 1.66. The van der Waals surface area contributed by atoms with Crippen LogP contribution in [0, 0.1) is 12.3 Å². The molecule has 106 valence electrons. The number of nitrogens with one attached hydrogen (secondary N) is 1. The molecule has 3 rings (SSSR count). The van der Waals surface area contributed by atoms with Gasteiger partial charge in [-0.15, -0.1) is 11.3 Å². The van der Waals surface area contributed by atoms with Gasteiger partial charge in [0.05, 0.1) is 5.69 Å². The topological polar surface area (TPSA) is 28.2 Å². The van der Waals surface area contributed by atoms with E-state index in [1.807, 2.05) is 18.4 Å². The molecule has 3 nitrogen and oxygen atoms in total. The monoisotopic (exact) mass is 279 g/mol. The number of nitrogens with zero attached hydrogens (tertiary/aromatic N) is 2. The van der Waals surface area contributed by atoms with Gasteiger partial charge in [-0.2, -0.15) is 0 Å². The molecule has 0 aromatic carbocycles. The first-order valence-electron chi connectivity index (χ1n) is 7.58. The van der Waals surface area contributed by atoms with Gasteiger partial charge >= 0.3 is 0 Å². The molecule has 2 heterocycles. The van der Waals surface area contributed by atoms with Crippen molar-refractivity contribution in [3.05, 3.63) is 10.6 Å². The van der Waals surface area contributed by atoms with Gasteiger partial charge in [0, 0.05) is 24.5 Å². The van der Waals surface area contributed by atoms with Gasteiger partial charge < -0.3 is 10.2 Å². The van der Waals surface area contributed by atoms with Crippen LogP contribution in [0.1, 0.15) is 49.1 Å². The third-order valence-corrected chi connectivity index (χ3v) is 6.20. The highest BCUT2D eigenvalue weighted by Crippen LogP contribution is 2.47. The van der Waals surface area contributed by atoms with E-state index in [0.29, 0.717) is 5.41 Å².